The number of rotatable bonds is 2. The van der Waals surface area contributed by atoms with Crippen molar-refractivity contribution in [2.75, 3.05) is 11.9 Å². The molecule has 29 heavy (non-hydrogen) atoms. The predicted octanol–water partition coefficient (Wildman–Crippen LogP) is 3.26. The molecule has 2 aliphatic heterocycles. The van der Waals surface area contributed by atoms with Gasteiger partial charge in [-0.2, -0.15) is 0 Å². The summed E-state index contributed by atoms with van der Waals surface area (Å²) < 4.78 is 0. The first-order chi connectivity index (χ1) is 14.1. The quantitative estimate of drug-likeness (QED) is 0.736. The molecule has 5 rings (SSSR count). The lowest BCUT2D eigenvalue weighted by molar-refractivity contribution is -0.121. The third kappa shape index (κ3) is 2.56. The van der Waals surface area contributed by atoms with Gasteiger partial charge in [-0.25, -0.2) is 0 Å². The third-order valence-corrected chi connectivity index (χ3v) is 6.01. The smallest absolute Gasteiger partial charge is 0.255 e. The Balaban J connectivity index is 1.66. The van der Waals surface area contributed by atoms with Crippen LogP contribution in [0.1, 0.15) is 39.6 Å². The molecule has 1 spiro atoms. The second-order valence-corrected chi connectivity index (χ2v) is 7.60. The van der Waals surface area contributed by atoms with E-state index in [1.165, 1.54) is 0 Å². The number of benzene rings is 1. The molecule has 6 heteroatoms. The van der Waals surface area contributed by atoms with Crippen LogP contribution < -0.4 is 5.32 Å². The fraction of sp³-hybridized carbons (Fsp3) is 0.217. The van der Waals surface area contributed by atoms with Gasteiger partial charge in [-0.15, -0.1) is 0 Å². The molecule has 1 aromatic carbocycles. The van der Waals surface area contributed by atoms with Crippen LogP contribution in [-0.4, -0.2) is 33.2 Å². The summed E-state index contributed by atoms with van der Waals surface area (Å²) in [6.07, 6.45) is 5.61. The van der Waals surface area contributed by atoms with Crippen LogP contribution in [0.4, 0.5) is 5.69 Å². The molecule has 0 aliphatic carbocycles. The van der Waals surface area contributed by atoms with Crippen molar-refractivity contribution >= 4 is 17.5 Å². The van der Waals surface area contributed by atoms with Crippen LogP contribution in [0.5, 0.6) is 0 Å². The summed E-state index contributed by atoms with van der Waals surface area (Å²) in [5, 5.41) is 3.03. The molecule has 1 N–H and O–H groups in total. The van der Waals surface area contributed by atoms with Gasteiger partial charge in [-0.05, 0) is 48.7 Å². The lowest BCUT2D eigenvalue weighted by atomic mass is 9.73. The number of aryl methyl sites for hydroxylation is 1. The summed E-state index contributed by atoms with van der Waals surface area (Å²) in [7, 11) is 0. The van der Waals surface area contributed by atoms with Gasteiger partial charge in [-0.1, -0.05) is 24.3 Å². The summed E-state index contributed by atoms with van der Waals surface area (Å²) in [5.74, 6) is -0.190. The van der Waals surface area contributed by atoms with E-state index in [1.54, 1.807) is 29.6 Å². The summed E-state index contributed by atoms with van der Waals surface area (Å²) in [6.45, 7) is 2.37. The molecule has 1 fully saturated rings. The van der Waals surface area contributed by atoms with Crippen LogP contribution >= 0.6 is 0 Å². The zero-order valence-corrected chi connectivity index (χ0v) is 16.0. The van der Waals surface area contributed by atoms with Gasteiger partial charge in [-0.3, -0.25) is 19.6 Å². The lowest BCUT2D eigenvalue weighted by Crippen LogP contribution is -2.42. The van der Waals surface area contributed by atoms with E-state index >= 15 is 0 Å². The Kier molecular flexibility index (Phi) is 3.94. The van der Waals surface area contributed by atoms with Crippen molar-refractivity contribution in [2.45, 2.75) is 24.8 Å². The number of hydrogen-bond acceptors (Lipinski definition) is 4. The van der Waals surface area contributed by atoms with E-state index in [9.17, 15) is 9.59 Å². The van der Waals surface area contributed by atoms with Gasteiger partial charge in [0.1, 0.15) is 5.41 Å². The van der Waals surface area contributed by atoms with Gasteiger partial charge in [0.2, 0.25) is 5.91 Å². The minimum atomic E-state index is -0.826. The van der Waals surface area contributed by atoms with E-state index in [1.807, 2.05) is 49.4 Å². The number of carbonyl (C=O) groups is 2. The zero-order chi connectivity index (χ0) is 20.0. The van der Waals surface area contributed by atoms with E-state index in [4.69, 9.17) is 0 Å². The second kappa shape index (κ2) is 6.51. The van der Waals surface area contributed by atoms with Crippen LogP contribution in [-0.2, 0) is 10.2 Å². The number of para-hydroxylation sites is 1. The van der Waals surface area contributed by atoms with Gasteiger partial charge in [0.25, 0.3) is 5.91 Å². The van der Waals surface area contributed by atoms with Gasteiger partial charge in [0.15, 0.2) is 0 Å². The SMILES string of the molecule is Cc1ccc(C(=O)N2CCC3(C(=O)Nc4ccccc43)C2c2cccnc2)cn1. The van der Waals surface area contributed by atoms with Crippen LogP contribution in [0.2, 0.25) is 0 Å². The third-order valence-electron chi connectivity index (χ3n) is 6.01. The number of fused-ring (bicyclic) bond motifs is 2. The molecular formula is C23H20N4O2. The van der Waals surface area contributed by atoms with Crippen molar-refractivity contribution in [3.63, 3.8) is 0 Å². The number of carbonyl (C=O) groups excluding carboxylic acids is 2. The fourth-order valence-electron chi connectivity index (χ4n) is 4.67. The fourth-order valence-corrected chi connectivity index (χ4v) is 4.67. The van der Waals surface area contributed by atoms with E-state index in [-0.39, 0.29) is 11.8 Å². The van der Waals surface area contributed by atoms with E-state index in [0.29, 0.717) is 18.5 Å². The molecule has 2 atom stereocenters. The topological polar surface area (TPSA) is 75.2 Å². The number of amides is 2. The normalized spacial score (nSPS) is 22.6. The first-order valence-corrected chi connectivity index (χ1v) is 9.66. The maximum absolute atomic E-state index is 13.4. The molecule has 0 bridgehead atoms. The van der Waals surface area contributed by atoms with E-state index in [2.05, 4.69) is 15.3 Å². The maximum Gasteiger partial charge on any atom is 0.255 e. The first-order valence-electron chi connectivity index (χ1n) is 9.66. The maximum atomic E-state index is 13.4. The first kappa shape index (κ1) is 17.6. The molecule has 0 saturated carbocycles. The second-order valence-electron chi connectivity index (χ2n) is 7.60. The van der Waals surface area contributed by atoms with Crippen LogP contribution in [0.25, 0.3) is 0 Å². The van der Waals surface area contributed by atoms with Crippen molar-refractivity contribution in [1.82, 2.24) is 14.9 Å². The van der Waals surface area contributed by atoms with Gasteiger partial charge in [0, 0.05) is 36.5 Å². The van der Waals surface area contributed by atoms with Gasteiger partial charge >= 0.3 is 0 Å². The van der Waals surface area contributed by atoms with E-state index in [0.717, 1.165) is 22.5 Å². The zero-order valence-electron chi connectivity index (χ0n) is 16.0. The number of hydrogen-bond donors (Lipinski definition) is 1. The van der Waals surface area contributed by atoms with Gasteiger partial charge in [0.05, 0.1) is 11.6 Å². The largest absolute Gasteiger partial charge is 0.330 e. The standard InChI is InChI=1S/C23H20N4O2/c1-15-8-9-17(14-25-15)21(28)27-12-10-23(20(27)16-5-4-11-24-13-16)18-6-2-3-7-19(18)26-22(23)29/h2-9,11,13-14,20H,10,12H2,1H3,(H,26,29). The highest BCUT2D eigenvalue weighted by Crippen LogP contribution is 2.54. The highest BCUT2D eigenvalue weighted by atomic mass is 16.2. The van der Waals surface area contributed by atoms with Crippen molar-refractivity contribution in [3.8, 4) is 0 Å². The van der Waals surface area contributed by atoms with Gasteiger partial charge < -0.3 is 10.2 Å². The minimum absolute atomic E-state index is 0.0649. The molecule has 6 nitrogen and oxygen atoms in total. The molecule has 1 saturated heterocycles. The Morgan fingerprint density at radius 2 is 2.00 bits per heavy atom. The molecule has 4 heterocycles. The molecular weight excluding hydrogens is 364 g/mol. The van der Waals surface area contributed by atoms with E-state index < -0.39 is 11.5 Å². The molecule has 144 valence electrons. The summed E-state index contributed by atoms with van der Waals surface area (Å²) in [4.78, 5) is 37.1. The number of aromatic nitrogens is 2. The minimum Gasteiger partial charge on any atom is -0.330 e. The number of nitrogens with one attached hydrogen (secondary N) is 1. The molecule has 2 unspecified atom stereocenters. The summed E-state index contributed by atoms with van der Waals surface area (Å²) in [6, 6.07) is 14.7. The Bertz CT molecular complexity index is 1100. The molecule has 2 aromatic heterocycles. The average molecular weight is 384 g/mol. The van der Waals surface area contributed by atoms with Crippen molar-refractivity contribution in [1.29, 1.82) is 0 Å². The molecule has 3 aromatic rings. The van der Waals surface area contributed by atoms with Crippen LogP contribution in [0.3, 0.4) is 0 Å². The predicted molar refractivity (Wildman–Crippen MR) is 108 cm³/mol. The summed E-state index contributed by atoms with van der Waals surface area (Å²) >= 11 is 0. The van der Waals surface area contributed by atoms with Crippen LogP contribution in [0, 0.1) is 6.92 Å². The van der Waals surface area contributed by atoms with Crippen molar-refractivity contribution in [3.05, 3.63) is 89.5 Å². The average Bonchev–Trinajstić information content (AvgIpc) is 3.28. The Hall–Kier alpha value is -3.54. The monoisotopic (exact) mass is 384 g/mol. The van der Waals surface area contributed by atoms with Crippen LogP contribution in [0.15, 0.2) is 67.1 Å². The molecule has 0 radical (unpaired) electrons. The molecule has 2 aliphatic rings. The molecule has 2 amide bonds. The Morgan fingerprint density at radius 3 is 2.76 bits per heavy atom. The summed E-state index contributed by atoms with van der Waals surface area (Å²) in [5.41, 5.74) is 3.16. The number of nitrogens with zero attached hydrogens (tertiary/aromatic N) is 3. The van der Waals surface area contributed by atoms with Crippen molar-refractivity contribution < 1.29 is 9.59 Å². The highest BCUT2D eigenvalue weighted by molar-refractivity contribution is 6.08. The lowest BCUT2D eigenvalue weighted by Gasteiger charge is -2.34. The number of likely N-dealkylation sites (tertiary alicyclic amines) is 1. The Labute approximate surface area is 168 Å². The number of anilines is 1. The highest BCUT2D eigenvalue weighted by Gasteiger charge is 2.59. The van der Waals surface area contributed by atoms with Crippen molar-refractivity contribution in [2.24, 2.45) is 0 Å². The number of pyridine rings is 2. The Morgan fingerprint density at radius 1 is 1.14 bits per heavy atom.